The Morgan fingerprint density at radius 3 is 2.73 bits per heavy atom. The lowest BCUT2D eigenvalue weighted by molar-refractivity contribution is 0.179. The molecule has 1 atom stereocenters. The number of benzene rings is 1. The first-order valence-electron chi connectivity index (χ1n) is 7.08. The molecule has 0 aliphatic carbocycles. The first-order valence-corrected chi connectivity index (χ1v) is 7.46. The first-order chi connectivity index (χ1) is 10.2. The first kappa shape index (κ1) is 21.3. The number of ether oxygens (including phenoxy) is 2. The monoisotopic (exact) mass is 441 g/mol. The maximum absolute atomic E-state index is 6.02. The van der Waals surface area contributed by atoms with Gasteiger partial charge in [-0.15, -0.1) is 24.0 Å². The van der Waals surface area contributed by atoms with Gasteiger partial charge in [0.1, 0.15) is 12.4 Å². The summed E-state index contributed by atoms with van der Waals surface area (Å²) in [4.78, 5) is 4.45. The van der Waals surface area contributed by atoms with Crippen LogP contribution in [0.2, 0.25) is 5.02 Å². The lowest BCUT2D eigenvalue weighted by atomic mass is 10.3. The Morgan fingerprint density at radius 2 is 2.09 bits per heavy atom. The zero-order valence-electron chi connectivity index (χ0n) is 13.3. The lowest BCUT2D eigenvalue weighted by Crippen LogP contribution is -2.44. The average Bonchev–Trinajstić information content (AvgIpc) is 2.45. The minimum atomic E-state index is 0. The van der Waals surface area contributed by atoms with Crippen molar-refractivity contribution >= 4 is 41.5 Å². The summed E-state index contributed by atoms with van der Waals surface area (Å²) < 4.78 is 10.7. The highest BCUT2D eigenvalue weighted by Gasteiger charge is 2.04. The Balaban J connectivity index is 0.00000441. The molecule has 1 aromatic carbocycles. The summed E-state index contributed by atoms with van der Waals surface area (Å²) in [6.45, 7) is 6.51. The molecule has 0 aliphatic rings. The molecule has 0 heterocycles. The van der Waals surface area contributed by atoms with Gasteiger partial charge in [-0.1, -0.05) is 23.7 Å². The largest absolute Gasteiger partial charge is 0.490 e. The Morgan fingerprint density at radius 1 is 1.36 bits per heavy atom. The van der Waals surface area contributed by atoms with Crippen molar-refractivity contribution in [3.05, 3.63) is 29.3 Å². The minimum absolute atomic E-state index is 0. The van der Waals surface area contributed by atoms with E-state index < -0.39 is 0 Å². The Labute approximate surface area is 154 Å². The Hall–Kier alpha value is -0.730. The van der Waals surface area contributed by atoms with Crippen LogP contribution in [0.1, 0.15) is 13.8 Å². The van der Waals surface area contributed by atoms with E-state index in [1.807, 2.05) is 32.0 Å². The van der Waals surface area contributed by atoms with Crippen molar-refractivity contribution in [1.82, 2.24) is 10.6 Å². The lowest BCUT2D eigenvalue weighted by Gasteiger charge is -2.17. The molecule has 0 saturated heterocycles. The third kappa shape index (κ3) is 8.65. The van der Waals surface area contributed by atoms with Gasteiger partial charge in [-0.3, -0.25) is 0 Å². The van der Waals surface area contributed by atoms with Crippen LogP contribution in [0.4, 0.5) is 0 Å². The van der Waals surface area contributed by atoms with Gasteiger partial charge in [0.2, 0.25) is 0 Å². The molecule has 7 heteroatoms. The summed E-state index contributed by atoms with van der Waals surface area (Å²) in [6.07, 6.45) is 0. The number of hydrogen-bond donors (Lipinski definition) is 2. The number of hydrogen-bond acceptors (Lipinski definition) is 3. The van der Waals surface area contributed by atoms with Gasteiger partial charge in [0.05, 0.1) is 18.2 Å². The van der Waals surface area contributed by atoms with Crippen molar-refractivity contribution < 1.29 is 9.47 Å². The van der Waals surface area contributed by atoms with E-state index in [2.05, 4.69) is 15.6 Å². The van der Waals surface area contributed by atoms with E-state index in [1.54, 1.807) is 13.2 Å². The molecular formula is C15H25ClIN3O2. The molecule has 1 unspecified atom stereocenters. The van der Waals surface area contributed by atoms with E-state index >= 15 is 0 Å². The highest BCUT2D eigenvalue weighted by molar-refractivity contribution is 14.0. The topological polar surface area (TPSA) is 54.9 Å². The highest BCUT2D eigenvalue weighted by Crippen LogP contribution is 2.22. The number of nitrogens with zero attached hydrogens (tertiary/aromatic N) is 1. The average molecular weight is 442 g/mol. The summed E-state index contributed by atoms with van der Waals surface area (Å²) in [5, 5.41) is 7.06. The highest BCUT2D eigenvalue weighted by atomic mass is 127. The molecule has 22 heavy (non-hydrogen) atoms. The van der Waals surface area contributed by atoms with Crippen molar-refractivity contribution in [3.8, 4) is 5.75 Å². The third-order valence-electron chi connectivity index (χ3n) is 2.60. The molecule has 1 aromatic rings. The molecule has 0 fully saturated rings. The zero-order valence-corrected chi connectivity index (χ0v) is 16.4. The second kappa shape index (κ2) is 12.8. The summed E-state index contributed by atoms with van der Waals surface area (Å²) in [6, 6.07) is 7.60. The number of guanidine groups is 1. The summed E-state index contributed by atoms with van der Waals surface area (Å²) in [5.41, 5.74) is 0. The quantitative estimate of drug-likeness (QED) is 0.282. The Kier molecular flexibility index (Phi) is 12.4. The summed E-state index contributed by atoms with van der Waals surface area (Å²) in [5.74, 6) is 1.44. The molecule has 0 aromatic heterocycles. The van der Waals surface area contributed by atoms with Gasteiger partial charge in [0.25, 0.3) is 0 Å². The molecular weight excluding hydrogens is 417 g/mol. The fourth-order valence-electron chi connectivity index (χ4n) is 1.72. The van der Waals surface area contributed by atoms with Crippen LogP contribution in [0, 0.1) is 0 Å². The van der Waals surface area contributed by atoms with Crippen LogP contribution >= 0.6 is 35.6 Å². The number of methoxy groups -OCH3 is 1. The van der Waals surface area contributed by atoms with Crippen LogP contribution in [0.3, 0.4) is 0 Å². The van der Waals surface area contributed by atoms with Crippen LogP contribution in [-0.2, 0) is 4.74 Å². The van der Waals surface area contributed by atoms with Crippen LogP contribution in [-0.4, -0.2) is 45.4 Å². The van der Waals surface area contributed by atoms with Crippen LogP contribution in [0.15, 0.2) is 29.3 Å². The van der Waals surface area contributed by atoms with Gasteiger partial charge < -0.3 is 20.1 Å². The molecule has 0 bridgehead atoms. The standard InChI is InChI=1S/C15H24ClN3O2.HI/c1-4-17-15(19-12(2)11-20-3)18-9-10-21-14-8-6-5-7-13(14)16;/h5-8,12H,4,9-11H2,1-3H3,(H2,17,18,19);1H. The van der Waals surface area contributed by atoms with Gasteiger partial charge in [0, 0.05) is 19.7 Å². The van der Waals surface area contributed by atoms with Crippen molar-refractivity contribution in [1.29, 1.82) is 0 Å². The van der Waals surface area contributed by atoms with Crippen molar-refractivity contribution in [2.45, 2.75) is 19.9 Å². The third-order valence-corrected chi connectivity index (χ3v) is 2.91. The molecule has 0 radical (unpaired) electrons. The fraction of sp³-hybridized carbons (Fsp3) is 0.533. The van der Waals surface area contributed by atoms with E-state index in [1.165, 1.54) is 0 Å². The maximum Gasteiger partial charge on any atom is 0.191 e. The normalized spacial score (nSPS) is 12.3. The number of para-hydroxylation sites is 1. The van der Waals surface area contributed by atoms with E-state index in [-0.39, 0.29) is 30.0 Å². The predicted molar refractivity (Wildman–Crippen MR) is 103 cm³/mol. The number of aliphatic imine (C=N–C) groups is 1. The summed E-state index contributed by atoms with van der Waals surface area (Å²) >= 11 is 6.02. The fourth-order valence-corrected chi connectivity index (χ4v) is 1.91. The zero-order chi connectivity index (χ0) is 15.5. The maximum atomic E-state index is 6.02. The molecule has 5 nitrogen and oxygen atoms in total. The Bertz CT molecular complexity index is 447. The van der Waals surface area contributed by atoms with Crippen LogP contribution in [0.5, 0.6) is 5.75 Å². The van der Waals surface area contributed by atoms with Gasteiger partial charge in [0.15, 0.2) is 5.96 Å². The SMILES string of the molecule is CCNC(=NCCOc1ccccc1Cl)NC(C)COC.I. The number of nitrogens with one attached hydrogen (secondary N) is 2. The van der Waals surface area contributed by atoms with Crippen molar-refractivity contribution in [3.63, 3.8) is 0 Å². The number of halogens is 2. The summed E-state index contributed by atoms with van der Waals surface area (Å²) in [7, 11) is 1.68. The van der Waals surface area contributed by atoms with Gasteiger partial charge in [-0.05, 0) is 26.0 Å². The van der Waals surface area contributed by atoms with E-state index in [9.17, 15) is 0 Å². The van der Waals surface area contributed by atoms with Crippen LogP contribution in [0.25, 0.3) is 0 Å². The van der Waals surface area contributed by atoms with Gasteiger partial charge >= 0.3 is 0 Å². The molecule has 1 rings (SSSR count). The van der Waals surface area contributed by atoms with Crippen molar-refractivity contribution in [2.24, 2.45) is 4.99 Å². The smallest absolute Gasteiger partial charge is 0.191 e. The molecule has 0 spiro atoms. The van der Waals surface area contributed by atoms with Crippen molar-refractivity contribution in [2.75, 3.05) is 33.4 Å². The molecule has 0 amide bonds. The molecule has 0 aliphatic heterocycles. The second-order valence-electron chi connectivity index (χ2n) is 4.54. The molecule has 0 saturated carbocycles. The predicted octanol–water partition coefficient (Wildman–Crippen LogP) is 2.93. The van der Waals surface area contributed by atoms with E-state index in [0.29, 0.717) is 30.5 Å². The van der Waals surface area contributed by atoms with E-state index in [0.717, 1.165) is 12.5 Å². The molecule has 126 valence electrons. The molecule has 2 N–H and O–H groups in total. The van der Waals surface area contributed by atoms with E-state index in [4.69, 9.17) is 21.1 Å². The second-order valence-corrected chi connectivity index (χ2v) is 4.95. The van der Waals surface area contributed by atoms with Crippen LogP contribution < -0.4 is 15.4 Å². The van der Waals surface area contributed by atoms with Gasteiger partial charge in [-0.2, -0.15) is 0 Å². The van der Waals surface area contributed by atoms with Gasteiger partial charge in [-0.25, -0.2) is 4.99 Å². The number of rotatable bonds is 8. The minimum Gasteiger partial charge on any atom is -0.490 e.